The lowest BCUT2D eigenvalue weighted by molar-refractivity contribution is -0.146. The fourth-order valence-corrected chi connectivity index (χ4v) is 5.08. The van der Waals surface area contributed by atoms with E-state index in [0.29, 0.717) is 18.5 Å². The second kappa shape index (κ2) is 11.5. The van der Waals surface area contributed by atoms with E-state index in [1.54, 1.807) is 0 Å². The first-order chi connectivity index (χ1) is 17.0. The van der Waals surface area contributed by atoms with Gasteiger partial charge in [0.15, 0.2) is 0 Å². The molecule has 2 aromatic carbocycles. The summed E-state index contributed by atoms with van der Waals surface area (Å²) in [5.74, 6) is -2.65. The summed E-state index contributed by atoms with van der Waals surface area (Å²) in [6, 6.07) is 6.82. The van der Waals surface area contributed by atoms with E-state index in [1.807, 2.05) is 26.0 Å². The van der Waals surface area contributed by atoms with Gasteiger partial charge < -0.3 is 21.1 Å². The lowest BCUT2D eigenvalue weighted by atomic mass is 9.75. The van der Waals surface area contributed by atoms with Crippen molar-refractivity contribution in [1.29, 1.82) is 0 Å². The van der Waals surface area contributed by atoms with Crippen LogP contribution in [0.3, 0.4) is 0 Å². The Morgan fingerprint density at radius 1 is 1.03 bits per heavy atom. The first-order valence-electron chi connectivity index (χ1n) is 12.6. The van der Waals surface area contributed by atoms with Crippen molar-refractivity contribution in [1.82, 2.24) is 5.32 Å². The van der Waals surface area contributed by atoms with Crippen LogP contribution in [-0.2, 0) is 11.2 Å². The second-order valence-corrected chi connectivity index (χ2v) is 9.92. The van der Waals surface area contributed by atoms with Gasteiger partial charge in [-0.2, -0.15) is 0 Å². The van der Waals surface area contributed by atoms with E-state index < -0.39 is 29.3 Å². The number of carboxylic acid groups (broad SMARTS) is 1. The van der Waals surface area contributed by atoms with Crippen molar-refractivity contribution in [2.45, 2.75) is 78.2 Å². The van der Waals surface area contributed by atoms with Crippen molar-refractivity contribution in [3.63, 3.8) is 0 Å². The van der Waals surface area contributed by atoms with Gasteiger partial charge in [-0.1, -0.05) is 44.7 Å². The van der Waals surface area contributed by atoms with E-state index in [1.165, 1.54) is 18.6 Å². The van der Waals surface area contributed by atoms with Gasteiger partial charge in [-0.3, -0.25) is 4.79 Å². The van der Waals surface area contributed by atoms with E-state index in [2.05, 4.69) is 22.9 Å². The molecule has 0 heterocycles. The number of aliphatic carboxylic acids is 1. The van der Waals surface area contributed by atoms with Crippen LogP contribution < -0.4 is 16.0 Å². The third-order valence-electron chi connectivity index (χ3n) is 7.08. The number of aryl methyl sites for hydroxylation is 3. The van der Waals surface area contributed by atoms with Gasteiger partial charge in [0.05, 0.1) is 11.3 Å². The van der Waals surface area contributed by atoms with Crippen LogP contribution in [0.15, 0.2) is 30.3 Å². The number of halogens is 1. The molecule has 194 valence electrons. The van der Waals surface area contributed by atoms with Crippen LogP contribution >= 0.6 is 0 Å². The largest absolute Gasteiger partial charge is 0.480 e. The minimum absolute atomic E-state index is 0.0124. The fourth-order valence-electron chi connectivity index (χ4n) is 5.08. The molecule has 8 heteroatoms. The summed E-state index contributed by atoms with van der Waals surface area (Å²) in [6.45, 7) is 7.42. The Bertz CT molecular complexity index is 1120. The zero-order valence-electron chi connectivity index (χ0n) is 21.5. The lowest BCUT2D eigenvalue weighted by Gasteiger charge is -2.37. The van der Waals surface area contributed by atoms with E-state index in [-0.39, 0.29) is 17.2 Å². The molecule has 0 saturated heterocycles. The molecule has 2 aromatic rings. The molecule has 0 bridgehead atoms. The molecule has 36 heavy (non-hydrogen) atoms. The Kier molecular flexibility index (Phi) is 8.71. The number of benzene rings is 2. The van der Waals surface area contributed by atoms with Gasteiger partial charge in [0.1, 0.15) is 11.4 Å². The average Bonchev–Trinajstić information content (AvgIpc) is 2.82. The number of carbonyl (C=O) groups excluding carboxylic acids is 2. The molecule has 1 aliphatic rings. The number of amides is 3. The average molecular weight is 498 g/mol. The lowest BCUT2D eigenvalue weighted by Crippen LogP contribution is -2.57. The van der Waals surface area contributed by atoms with Gasteiger partial charge in [0.2, 0.25) is 0 Å². The number of carboxylic acids is 1. The minimum Gasteiger partial charge on any atom is -0.480 e. The fraction of sp³-hybridized carbons (Fsp3) is 0.464. The molecule has 1 aliphatic carbocycles. The summed E-state index contributed by atoms with van der Waals surface area (Å²) >= 11 is 0. The smallest absolute Gasteiger partial charge is 0.329 e. The highest BCUT2D eigenvalue weighted by molar-refractivity contribution is 6.08. The molecule has 0 aromatic heterocycles. The molecule has 7 nitrogen and oxygen atoms in total. The standard InChI is InChI=1S/C28H36FN3O4/c1-5-9-19-14-17(2)24(18(3)15-19)31-27(36)30-23-16-21(29)12-13-22(23)25(33)32-28(4,26(34)35)20-10-7-6-8-11-20/h12-16,20H,5-11H2,1-4H3,(H,32,33)(H,34,35)(H2,30,31,36)/t28-/m1/s1. The third kappa shape index (κ3) is 6.22. The van der Waals surface area contributed by atoms with Crippen molar-refractivity contribution in [3.8, 4) is 0 Å². The van der Waals surface area contributed by atoms with Crippen molar-refractivity contribution in [2.75, 3.05) is 10.6 Å². The summed E-state index contributed by atoms with van der Waals surface area (Å²) < 4.78 is 14.1. The van der Waals surface area contributed by atoms with Crippen LogP contribution in [0.4, 0.5) is 20.6 Å². The first-order valence-corrected chi connectivity index (χ1v) is 12.6. The van der Waals surface area contributed by atoms with E-state index in [9.17, 15) is 23.9 Å². The molecule has 1 fully saturated rings. The number of urea groups is 1. The molecule has 0 spiro atoms. The maximum Gasteiger partial charge on any atom is 0.329 e. The van der Waals surface area contributed by atoms with Crippen LogP contribution in [0.5, 0.6) is 0 Å². The number of nitrogens with one attached hydrogen (secondary N) is 3. The van der Waals surface area contributed by atoms with Gasteiger partial charge in [-0.15, -0.1) is 0 Å². The highest BCUT2D eigenvalue weighted by atomic mass is 19.1. The van der Waals surface area contributed by atoms with Gasteiger partial charge in [-0.05, 0) is 80.8 Å². The SMILES string of the molecule is CCCc1cc(C)c(NC(=O)Nc2cc(F)ccc2C(=O)N[C@@](C)(C(=O)O)C2CCCCC2)c(C)c1. The van der Waals surface area contributed by atoms with Crippen molar-refractivity contribution in [2.24, 2.45) is 5.92 Å². The van der Waals surface area contributed by atoms with Gasteiger partial charge >= 0.3 is 12.0 Å². The van der Waals surface area contributed by atoms with Crippen molar-refractivity contribution in [3.05, 3.63) is 58.4 Å². The molecule has 0 radical (unpaired) electrons. The maximum atomic E-state index is 14.1. The molecule has 1 atom stereocenters. The zero-order valence-corrected chi connectivity index (χ0v) is 21.5. The predicted octanol–water partition coefficient (Wildman–Crippen LogP) is 6.19. The van der Waals surface area contributed by atoms with Crippen LogP contribution in [0, 0.1) is 25.6 Å². The highest BCUT2D eigenvalue weighted by Gasteiger charge is 2.43. The summed E-state index contributed by atoms with van der Waals surface area (Å²) in [5.41, 5.74) is 2.10. The number of hydrogen-bond acceptors (Lipinski definition) is 3. The minimum atomic E-state index is -1.47. The van der Waals surface area contributed by atoms with Gasteiger partial charge in [0.25, 0.3) is 5.91 Å². The summed E-state index contributed by atoms with van der Waals surface area (Å²) in [7, 11) is 0. The van der Waals surface area contributed by atoms with E-state index in [0.717, 1.165) is 55.4 Å². The molecule has 3 rings (SSSR count). The molecule has 1 saturated carbocycles. The number of hydrogen-bond donors (Lipinski definition) is 4. The molecular formula is C28H36FN3O4. The first kappa shape index (κ1) is 27.2. The number of anilines is 2. The van der Waals surface area contributed by atoms with Crippen molar-refractivity contribution >= 4 is 29.3 Å². The van der Waals surface area contributed by atoms with Crippen LogP contribution in [0.1, 0.15) is 79.4 Å². The van der Waals surface area contributed by atoms with E-state index in [4.69, 9.17) is 0 Å². The zero-order chi connectivity index (χ0) is 26.5. The number of rotatable bonds is 8. The Labute approximate surface area is 211 Å². The van der Waals surface area contributed by atoms with Crippen LogP contribution in [0.2, 0.25) is 0 Å². The topological polar surface area (TPSA) is 108 Å². The highest BCUT2D eigenvalue weighted by Crippen LogP contribution is 2.33. The van der Waals surface area contributed by atoms with E-state index >= 15 is 0 Å². The number of carbonyl (C=O) groups is 3. The summed E-state index contributed by atoms with van der Waals surface area (Å²) in [5, 5.41) is 18.0. The summed E-state index contributed by atoms with van der Waals surface area (Å²) in [4.78, 5) is 38.3. The Hall–Kier alpha value is -3.42. The van der Waals surface area contributed by atoms with Crippen molar-refractivity contribution < 1.29 is 23.9 Å². The third-order valence-corrected chi connectivity index (χ3v) is 7.08. The van der Waals surface area contributed by atoms with Gasteiger partial charge in [0, 0.05) is 5.69 Å². The Balaban J connectivity index is 1.81. The summed E-state index contributed by atoms with van der Waals surface area (Å²) in [6.07, 6.45) is 6.22. The maximum absolute atomic E-state index is 14.1. The molecular weight excluding hydrogens is 461 g/mol. The Morgan fingerprint density at radius 3 is 2.25 bits per heavy atom. The van der Waals surface area contributed by atoms with Crippen LogP contribution in [0.25, 0.3) is 0 Å². The second-order valence-electron chi connectivity index (χ2n) is 9.92. The molecule has 4 N–H and O–H groups in total. The Morgan fingerprint density at radius 2 is 1.67 bits per heavy atom. The van der Waals surface area contributed by atoms with Gasteiger partial charge in [-0.25, -0.2) is 14.0 Å². The molecule has 0 aliphatic heterocycles. The normalized spacial score (nSPS) is 15.6. The quantitative estimate of drug-likeness (QED) is 0.349. The van der Waals surface area contributed by atoms with Crippen LogP contribution in [-0.4, -0.2) is 28.6 Å². The molecule has 0 unspecified atom stereocenters. The molecule has 3 amide bonds. The monoisotopic (exact) mass is 497 g/mol. The predicted molar refractivity (Wildman–Crippen MR) is 139 cm³/mol.